The van der Waals surface area contributed by atoms with Crippen LogP contribution in [0.4, 0.5) is 0 Å². The average molecular weight is 342 g/mol. The molecule has 0 saturated carbocycles. The standard InChI is InChI=1S/C21H26O4/c1-4-15-18(23)17(20(25)21(5-2,6-3)19(15)24)16(22)13-12-14-10-8-7-9-11-14/h7-11,23-24H,4-6,12-13H2,1-3H3. The summed E-state index contributed by atoms with van der Waals surface area (Å²) in [7, 11) is 0. The summed E-state index contributed by atoms with van der Waals surface area (Å²) in [6, 6.07) is 9.56. The van der Waals surface area contributed by atoms with Crippen molar-refractivity contribution in [3.8, 4) is 0 Å². The molecule has 0 aliphatic heterocycles. The molecule has 4 heteroatoms. The fourth-order valence-electron chi connectivity index (χ4n) is 3.53. The molecule has 2 rings (SSSR count). The molecule has 0 spiro atoms. The number of hydrogen-bond acceptors (Lipinski definition) is 4. The topological polar surface area (TPSA) is 74.6 Å². The molecular formula is C21H26O4. The second kappa shape index (κ2) is 7.68. The van der Waals surface area contributed by atoms with Crippen LogP contribution in [0.1, 0.15) is 52.0 Å². The summed E-state index contributed by atoms with van der Waals surface area (Å²) >= 11 is 0. The molecule has 0 saturated heterocycles. The zero-order valence-corrected chi connectivity index (χ0v) is 15.1. The summed E-state index contributed by atoms with van der Waals surface area (Å²) in [6.45, 7) is 5.43. The number of Topliss-reactive ketones (excluding diaryl/α,β-unsaturated/α-hetero) is 2. The van der Waals surface area contributed by atoms with E-state index in [1.165, 1.54) is 0 Å². The molecule has 0 aromatic heterocycles. The first-order chi connectivity index (χ1) is 11.9. The zero-order valence-electron chi connectivity index (χ0n) is 15.1. The number of allylic oxidation sites excluding steroid dienone is 3. The van der Waals surface area contributed by atoms with Crippen LogP contribution >= 0.6 is 0 Å². The second-order valence-corrected chi connectivity index (χ2v) is 6.43. The van der Waals surface area contributed by atoms with Crippen LogP contribution in [0.2, 0.25) is 0 Å². The SMILES string of the molecule is CCC1=C(O)C(CC)(CC)C(=O)C(C(=O)CCc2ccccc2)=C1O. The minimum atomic E-state index is -1.10. The fraction of sp³-hybridized carbons (Fsp3) is 0.429. The number of rotatable bonds is 7. The summed E-state index contributed by atoms with van der Waals surface area (Å²) in [5.74, 6) is -1.25. The molecule has 0 fully saturated rings. The van der Waals surface area contributed by atoms with Gasteiger partial charge in [-0.15, -0.1) is 0 Å². The van der Waals surface area contributed by atoms with Crippen LogP contribution in [-0.4, -0.2) is 21.8 Å². The number of carbonyl (C=O) groups excluding carboxylic acids is 2. The highest BCUT2D eigenvalue weighted by Crippen LogP contribution is 2.45. The van der Waals surface area contributed by atoms with Gasteiger partial charge < -0.3 is 10.2 Å². The van der Waals surface area contributed by atoms with E-state index in [4.69, 9.17) is 0 Å². The van der Waals surface area contributed by atoms with Crippen molar-refractivity contribution < 1.29 is 19.8 Å². The van der Waals surface area contributed by atoms with Crippen molar-refractivity contribution in [3.63, 3.8) is 0 Å². The number of ketones is 2. The van der Waals surface area contributed by atoms with Crippen molar-refractivity contribution in [1.29, 1.82) is 0 Å². The first kappa shape index (κ1) is 19.0. The number of aryl methyl sites for hydroxylation is 1. The lowest BCUT2D eigenvalue weighted by Gasteiger charge is -2.35. The van der Waals surface area contributed by atoms with E-state index < -0.39 is 11.2 Å². The Bertz CT molecular complexity index is 722. The normalized spacial score (nSPS) is 17.2. The molecule has 1 aromatic rings. The Balaban J connectivity index is 2.38. The highest BCUT2D eigenvalue weighted by molar-refractivity contribution is 6.24. The van der Waals surface area contributed by atoms with E-state index in [2.05, 4.69) is 0 Å². The van der Waals surface area contributed by atoms with E-state index >= 15 is 0 Å². The van der Waals surface area contributed by atoms with Crippen LogP contribution in [0.3, 0.4) is 0 Å². The number of benzene rings is 1. The third-order valence-electron chi connectivity index (χ3n) is 5.25. The lowest BCUT2D eigenvalue weighted by Crippen LogP contribution is -2.40. The Hall–Kier alpha value is -2.36. The fourth-order valence-corrected chi connectivity index (χ4v) is 3.53. The van der Waals surface area contributed by atoms with Crippen molar-refractivity contribution in [3.05, 3.63) is 58.6 Å². The van der Waals surface area contributed by atoms with E-state index in [1.54, 1.807) is 6.92 Å². The molecule has 0 radical (unpaired) electrons. The lowest BCUT2D eigenvalue weighted by atomic mass is 9.68. The zero-order chi connectivity index (χ0) is 18.6. The summed E-state index contributed by atoms with van der Waals surface area (Å²) in [5.41, 5.74) is 0.0705. The van der Waals surface area contributed by atoms with Crippen LogP contribution in [0.25, 0.3) is 0 Å². The van der Waals surface area contributed by atoms with Gasteiger partial charge in [0.05, 0.1) is 5.41 Å². The van der Waals surface area contributed by atoms with Gasteiger partial charge in [0.25, 0.3) is 0 Å². The van der Waals surface area contributed by atoms with Gasteiger partial charge in [-0.3, -0.25) is 9.59 Å². The molecule has 0 atom stereocenters. The number of hydrogen-bond donors (Lipinski definition) is 2. The maximum atomic E-state index is 13.0. The molecule has 1 aromatic carbocycles. The Morgan fingerprint density at radius 2 is 1.64 bits per heavy atom. The van der Waals surface area contributed by atoms with E-state index in [9.17, 15) is 19.8 Å². The van der Waals surface area contributed by atoms with Gasteiger partial charge in [-0.25, -0.2) is 0 Å². The van der Waals surface area contributed by atoms with Crippen LogP contribution in [0.5, 0.6) is 0 Å². The van der Waals surface area contributed by atoms with E-state index in [0.717, 1.165) is 5.56 Å². The van der Waals surface area contributed by atoms with Crippen molar-refractivity contribution in [2.24, 2.45) is 5.41 Å². The van der Waals surface area contributed by atoms with Gasteiger partial charge in [0.2, 0.25) is 0 Å². The quantitative estimate of drug-likeness (QED) is 0.710. The number of aliphatic hydroxyl groups is 2. The molecule has 134 valence electrons. The molecule has 1 aliphatic carbocycles. The molecule has 0 heterocycles. The largest absolute Gasteiger partial charge is 0.511 e. The minimum absolute atomic E-state index is 0.0814. The predicted molar refractivity (Wildman–Crippen MR) is 97.4 cm³/mol. The van der Waals surface area contributed by atoms with Crippen molar-refractivity contribution in [2.45, 2.75) is 52.9 Å². The number of carbonyl (C=O) groups is 2. The van der Waals surface area contributed by atoms with E-state index in [-0.39, 0.29) is 29.3 Å². The van der Waals surface area contributed by atoms with Crippen LogP contribution in [0, 0.1) is 5.41 Å². The third kappa shape index (κ3) is 3.26. The van der Waals surface area contributed by atoms with Crippen LogP contribution in [0.15, 0.2) is 53.0 Å². The van der Waals surface area contributed by atoms with Crippen LogP contribution < -0.4 is 0 Å². The second-order valence-electron chi connectivity index (χ2n) is 6.43. The van der Waals surface area contributed by atoms with Gasteiger partial charge >= 0.3 is 0 Å². The highest BCUT2D eigenvalue weighted by atomic mass is 16.3. The van der Waals surface area contributed by atoms with Gasteiger partial charge in [-0.2, -0.15) is 0 Å². The van der Waals surface area contributed by atoms with Crippen molar-refractivity contribution in [2.75, 3.05) is 0 Å². The van der Waals surface area contributed by atoms with Crippen LogP contribution in [-0.2, 0) is 16.0 Å². The maximum Gasteiger partial charge on any atom is 0.183 e. The molecule has 25 heavy (non-hydrogen) atoms. The summed E-state index contributed by atoms with van der Waals surface area (Å²) in [5, 5.41) is 21.1. The molecular weight excluding hydrogens is 316 g/mol. The monoisotopic (exact) mass is 342 g/mol. The molecule has 2 N–H and O–H groups in total. The van der Waals surface area contributed by atoms with Crippen molar-refractivity contribution in [1.82, 2.24) is 0 Å². The van der Waals surface area contributed by atoms with E-state index in [1.807, 2.05) is 44.2 Å². The van der Waals surface area contributed by atoms with E-state index in [0.29, 0.717) is 31.3 Å². The summed E-state index contributed by atoms with van der Waals surface area (Å²) in [6.07, 6.45) is 1.80. The smallest absolute Gasteiger partial charge is 0.183 e. The van der Waals surface area contributed by atoms with Gasteiger partial charge in [0.15, 0.2) is 11.6 Å². The Morgan fingerprint density at radius 3 is 2.16 bits per heavy atom. The van der Waals surface area contributed by atoms with Gasteiger partial charge in [0, 0.05) is 12.0 Å². The third-order valence-corrected chi connectivity index (χ3v) is 5.25. The van der Waals surface area contributed by atoms with Gasteiger partial charge in [0.1, 0.15) is 17.1 Å². The minimum Gasteiger partial charge on any atom is -0.511 e. The Labute approximate surface area is 148 Å². The molecule has 0 amide bonds. The number of aliphatic hydroxyl groups excluding tert-OH is 2. The Kier molecular flexibility index (Phi) is 5.83. The average Bonchev–Trinajstić information content (AvgIpc) is 2.62. The maximum absolute atomic E-state index is 13.0. The highest BCUT2D eigenvalue weighted by Gasteiger charge is 2.48. The predicted octanol–water partition coefficient (Wildman–Crippen LogP) is 4.61. The lowest BCUT2D eigenvalue weighted by molar-refractivity contribution is -0.128. The molecule has 1 aliphatic rings. The summed E-state index contributed by atoms with van der Waals surface area (Å²) in [4.78, 5) is 25.7. The summed E-state index contributed by atoms with van der Waals surface area (Å²) < 4.78 is 0. The molecule has 0 unspecified atom stereocenters. The molecule has 4 nitrogen and oxygen atoms in total. The Morgan fingerprint density at radius 1 is 1.04 bits per heavy atom. The van der Waals surface area contributed by atoms with Gasteiger partial charge in [-0.05, 0) is 31.2 Å². The first-order valence-corrected chi connectivity index (χ1v) is 8.91. The molecule has 0 bridgehead atoms. The van der Waals surface area contributed by atoms with Crippen molar-refractivity contribution >= 4 is 11.6 Å². The van der Waals surface area contributed by atoms with Gasteiger partial charge in [-0.1, -0.05) is 51.1 Å². The first-order valence-electron chi connectivity index (χ1n) is 8.91.